The highest BCUT2D eigenvalue weighted by Crippen LogP contribution is 2.32. The van der Waals surface area contributed by atoms with Gasteiger partial charge in [0.1, 0.15) is 0 Å². The second-order valence-corrected chi connectivity index (χ2v) is 5.21. The Hall–Kier alpha value is -1.92. The number of benzene rings is 2. The summed E-state index contributed by atoms with van der Waals surface area (Å²) >= 11 is 8.91. The second-order valence-electron chi connectivity index (χ2n) is 3.85. The quantitative estimate of drug-likeness (QED) is 0.501. The molecular formula is C13H8BrClN2O3. The lowest BCUT2D eigenvalue weighted by molar-refractivity contribution is -0.385. The van der Waals surface area contributed by atoms with Crippen molar-refractivity contribution in [2.45, 2.75) is 0 Å². The monoisotopic (exact) mass is 354 g/mol. The molecule has 2 aromatic rings. The van der Waals surface area contributed by atoms with Crippen LogP contribution in [0.1, 0.15) is 5.56 Å². The third kappa shape index (κ3) is 3.34. The maximum Gasteiger partial charge on any atom is 0.312 e. The molecule has 2 aromatic carbocycles. The zero-order valence-electron chi connectivity index (χ0n) is 9.96. The first-order chi connectivity index (χ1) is 9.47. The first-order valence-electron chi connectivity index (χ1n) is 5.44. The summed E-state index contributed by atoms with van der Waals surface area (Å²) in [6.07, 6.45) is 1.36. The van der Waals surface area contributed by atoms with Crippen LogP contribution >= 0.6 is 27.5 Å². The highest BCUT2D eigenvalue weighted by molar-refractivity contribution is 9.10. The van der Waals surface area contributed by atoms with Crippen LogP contribution in [0.2, 0.25) is 5.02 Å². The van der Waals surface area contributed by atoms with Gasteiger partial charge in [0.25, 0.3) is 0 Å². The van der Waals surface area contributed by atoms with Crippen molar-refractivity contribution in [3.8, 4) is 5.75 Å². The maximum atomic E-state index is 10.8. The van der Waals surface area contributed by atoms with Gasteiger partial charge in [0, 0.05) is 27.3 Å². The molecule has 0 amide bonds. The summed E-state index contributed by atoms with van der Waals surface area (Å²) in [5.41, 5.74) is 0.495. The van der Waals surface area contributed by atoms with E-state index in [2.05, 4.69) is 20.9 Å². The molecule has 0 saturated heterocycles. The predicted octanol–water partition coefficient (Wildman–Crippen LogP) is 4.47. The molecule has 0 saturated carbocycles. The van der Waals surface area contributed by atoms with E-state index in [4.69, 9.17) is 11.6 Å². The van der Waals surface area contributed by atoms with Gasteiger partial charge < -0.3 is 5.11 Å². The molecule has 7 heteroatoms. The van der Waals surface area contributed by atoms with Crippen LogP contribution < -0.4 is 0 Å². The second kappa shape index (κ2) is 6.02. The summed E-state index contributed by atoms with van der Waals surface area (Å²) in [5.74, 6) is -0.420. The third-order valence-electron chi connectivity index (χ3n) is 2.46. The molecule has 2 rings (SSSR count). The number of rotatable bonds is 3. The van der Waals surface area contributed by atoms with Crippen LogP contribution in [0.5, 0.6) is 5.75 Å². The van der Waals surface area contributed by atoms with Crippen LogP contribution in [0.4, 0.5) is 11.4 Å². The van der Waals surface area contributed by atoms with Gasteiger partial charge in [0.05, 0.1) is 10.6 Å². The number of nitro groups is 1. The highest BCUT2D eigenvalue weighted by Gasteiger charge is 2.17. The van der Waals surface area contributed by atoms with Crippen molar-refractivity contribution in [1.82, 2.24) is 0 Å². The lowest BCUT2D eigenvalue weighted by Gasteiger charge is -2.01. The molecule has 0 bridgehead atoms. The Morgan fingerprint density at radius 3 is 2.55 bits per heavy atom. The molecule has 0 aromatic heterocycles. The molecule has 5 nitrogen and oxygen atoms in total. The molecule has 0 heterocycles. The number of aliphatic imine (C=N–C) groups is 1. The van der Waals surface area contributed by atoms with Crippen molar-refractivity contribution < 1.29 is 10.0 Å². The van der Waals surface area contributed by atoms with Crippen LogP contribution in [0.15, 0.2) is 45.9 Å². The molecule has 0 atom stereocenters. The van der Waals surface area contributed by atoms with Crippen molar-refractivity contribution >= 4 is 45.1 Å². The van der Waals surface area contributed by atoms with Gasteiger partial charge in [-0.1, -0.05) is 27.5 Å². The molecule has 0 aliphatic rings. The fraction of sp³-hybridized carbons (Fsp3) is 0. The summed E-state index contributed by atoms with van der Waals surface area (Å²) in [6.45, 7) is 0. The normalized spacial score (nSPS) is 10.9. The van der Waals surface area contributed by atoms with E-state index in [1.54, 1.807) is 30.3 Å². The molecule has 0 fully saturated rings. The van der Waals surface area contributed by atoms with Crippen molar-refractivity contribution in [1.29, 1.82) is 0 Å². The van der Waals surface area contributed by atoms with Crippen LogP contribution in [0.25, 0.3) is 0 Å². The van der Waals surface area contributed by atoms with Gasteiger partial charge in [-0.15, -0.1) is 0 Å². The van der Waals surface area contributed by atoms with Crippen LogP contribution in [0, 0.1) is 10.1 Å². The molecule has 20 heavy (non-hydrogen) atoms. The largest absolute Gasteiger partial charge is 0.502 e. The number of phenolic OH excluding ortho intramolecular Hbond substituents is 1. The maximum absolute atomic E-state index is 10.8. The number of nitrogens with zero attached hydrogens (tertiary/aromatic N) is 2. The Morgan fingerprint density at radius 1 is 1.30 bits per heavy atom. The number of halogens is 2. The molecule has 0 radical (unpaired) electrons. The van der Waals surface area contributed by atoms with E-state index in [9.17, 15) is 15.2 Å². The minimum atomic E-state index is -0.653. The van der Waals surface area contributed by atoms with Gasteiger partial charge in [-0.25, -0.2) is 0 Å². The van der Waals surface area contributed by atoms with Gasteiger partial charge in [0.2, 0.25) is 5.75 Å². The van der Waals surface area contributed by atoms with E-state index >= 15 is 0 Å². The minimum Gasteiger partial charge on any atom is -0.502 e. The van der Waals surface area contributed by atoms with E-state index in [1.165, 1.54) is 12.3 Å². The van der Waals surface area contributed by atoms with Crippen molar-refractivity contribution in [2.75, 3.05) is 0 Å². The van der Waals surface area contributed by atoms with Crippen LogP contribution in [-0.4, -0.2) is 16.2 Å². The van der Waals surface area contributed by atoms with E-state index in [-0.39, 0.29) is 11.3 Å². The predicted molar refractivity (Wildman–Crippen MR) is 81.2 cm³/mol. The Balaban J connectivity index is 2.38. The highest BCUT2D eigenvalue weighted by atomic mass is 79.9. The average molecular weight is 356 g/mol. The molecule has 102 valence electrons. The van der Waals surface area contributed by atoms with Crippen LogP contribution in [0.3, 0.4) is 0 Å². The van der Waals surface area contributed by atoms with Crippen molar-refractivity contribution in [3.63, 3.8) is 0 Å². The number of nitro benzene ring substituents is 1. The summed E-state index contributed by atoms with van der Waals surface area (Å²) in [7, 11) is 0. The Labute approximate surface area is 127 Å². The number of hydrogen-bond donors (Lipinski definition) is 1. The Bertz CT molecular complexity index is 687. The molecule has 0 aliphatic carbocycles. The average Bonchev–Trinajstić information content (AvgIpc) is 2.41. The first-order valence-corrected chi connectivity index (χ1v) is 6.61. The van der Waals surface area contributed by atoms with Gasteiger partial charge >= 0.3 is 5.69 Å². The SMILES string of the molecule is O=[N+]([O-])c1cc(Br)cc(/C=N/c2ccc(Cl)cc2)c1O. The number of aromatic hydroxyl groups is 1. The molecule has 0 unspecified atom stereocenters. The van der Waals surface area contributed by atoms with Gasteiger partial charge in [0.15, 0.2) is 0 Å². The van der Waals surface area contributed by atoms with Crippen molar-refractivity contribution in [3.05, 3.63) is 61.6 Å². The molecular weight excluding hydrogens is 348 g/mol. The van der Waals surface area contributed by atoms with Crippen molar-refractivity contribution in [2.24, 2.45) is 4.99 Å². The van der Waals surface area contributed by atoms with Gasteiger partial charge in [-0.2, -0.15) is 0 Å². The summed E-state index contributed by atoms with van der Waals surface area (Å²) < 4.78 is 0.486. The standard InChI is InChI=1S/C13H8BrClN2O3/c14-9-5-8(13(18)12(6-9)17(19)20)7-16-11-3-1-10(15)2-4-11/h1-7,18H/b16-7+. The number of phenols is 1. The fourth-order valence-electron chi connectivity index (χ4n) is 1.51. The third-order valence-corrected chi connectivity index (χ3v) is 3.17. The van der Waals surface area contributed by atoms with E-state index in [1.807, 2.05) is 0 Å². The zero-order chi connectivity index (χ0) is 14.7. The number of hydrogen-bond acceptors (Lipinski definition) is 4. The zero-order valence-corrected chi connectivity index (χ0v) is 12.3. The van der Waals surface area contributed by atoms with Gasteiger partial charge in [-0.05, 0) is 30.3 Å². The summed E-state index contributed by atoms with van der Waals surface area (Å²) in [4.78, 5) is 14.3. The minimum absolute atomic E-state index is 0.251. The topological polar surface area (TPSA) is 75.7 Å². The van der Waals surface area contributed by atoms with Gasteiger partial charge in [-0.3, -0.25) is 15.1 Å². The lowest BCUT2D eigenvalue weighted by Crippen LogP contribution is -1.92. The smallest absolute Gasteiger partial charge is 0.312 e. The van der Waals surface area contributed by atoms with E-state index in [0.29, 0.717) is 15.2 Å². The van der Waals surface area contributed by atoms with Crippen LogP contribution in [-0.2, 0) is 0 Å². The molecule has 0 spiro atoms. The molecule has 1 N–H and O–H groups in total. The summed E-state index contributed by atoms with van der Waals surface area (Å²) in [5, 5.41) is 21.2. The summed E-state index contributed by atoms with van der Waals surface area (Å²) in [6, 6.07) is 9.52. The first kappa shape index (κ1) is 14.5. The molecule has 0 aliphatic heterocycles. The van der Waals surface area contributed by atoms with E-state index in [0.717, 1.165) is 0 Å². The fourth-order valence-corrected chi connectivity index (χ4v) is 2.10. The van der Waals surface area contributed by atoms with E-state index < -0.39 is 10.7 Å². The lowest BCUT2D eigenvalue weighted by atomic mass is 10.2. The Morgan fingerprint density at radius 2 is 1.95 bits per heavy atom. The Kier molecular flexibility index (Phi) is 4.36.